The van der Waals surface area contributed by atoms with Crippen LogP contribution in [0.5, 0.6) is 17.2 Å². The number of carbonyl (C=O) groups is 1. The topological polar surface area (TPSA) is 153 Å². The van der Waals surface area contributed by atoms with E-state index in [4.69, 9.17) is 24.2 Å². The Hall–Kier alpha value is -5.11. The van der Waals surface area contributed by atoms with Gasteiger partial charge in [0.1, 0.15) is 35.7 Å². The van der Waals surface area contributed by atoms with Crippen molar-refractivity contribution in [1.82, 2.24) is 4.90 Å². The van der Waals surface area contributed by atoms with Crippen LogP contribution in [-0.4, -0.2) is 69.9 Å². The molecule has 364 valence electrons. The number of benzene rings is 3. The molecule has 3 aliphatic rings. The van der Waals surface area contributed by atoms with Crippen molar-refractivity contribution in [2.75, 3.05) is 26.4 Å². The third-order valence-electron chi connectivity index (χ3n) is 13.7. The van der Waals surface area contributed by atoms with Gasteiger partial charge in [0.2, 0.25) is 11.7 Å². The van der Waals surface area contributed by atoms with Crippen LogP contribution in [0.3, 0.4) is 0 Å². The molecule has 2 N–H and O–H groups in total. The molecule has 0 aromatic heterocycles. The summed E-state index contributed by atoms with van der Waals surface area (Å²) in [4.78, 5) is 34.1. The number of nitro groups is 1. The molecule has 3 aromatic carbocycles. The Morgan fingerprint density at radius 1 is 0.925 bits per heavy atom. The van der Waals surface area contributed by atoms with E-state index in [0.717, 1.165) is 68.1 Å². The first kappa shape index (κ1) is 51.3. The minimum absolute atomic E-state index is 0.0169. The molecule has 67 heavy (non-hydrogen) atoms. The molecule has 0 spiro atoms. The van der Waals surface area contributed by atoms with Crippen molar-refractivity contribution in [3.8, 4) is 17.2 Å². The maximum absolute atomic E-state index is 15.1. The van der Waals surface area contributed by atoms with Crippen LogP contribution in [0.15, 0.2) is 96.2 Å². The van der Waals surface area contributed by atoms with Crippen molar-refractivity contribution in [1.29, 1.82) is 0 Å². The van der Waals surface area contributed by atoms with Crippen LogP contribution < -0.4 is 9.47 Å². The van der Waals surface area contributed by atoms with Gasteiger partial charge in [0, 0.05) is 50.1 Å². The highest BCUT2D eigenvalue weighted by atomic mass is 19.1. The van der Waals surface area contributed by atoms with Crippen LogP contribution in [0.4, 0.5) is 10.1 Å². The van der Waals surface area contributed by atoms with Crippen molar-refractivity contribution >= 4 is 17.3 Å². The van der Waals surface area contributed by atoms with Crippen LogP contribution in [-0.2, 0) is 20.9 Å². The number of aliphatic hydroxyl groups excluding tert-OH is 2. The fourth-order valence-electron chi connectivity index (χ4n) is 10.5. The molecule has 6 unspecified atom stereocenters. The van der Waals surface area contributed by atoms with E-state index >= 15 is 4.79 Å². The van der Waals surface area contributed by atoms with Crippen LogP contribution >= 0.6 is 0 Å². The van der Waals surface area contributed by atoms with Gasteiger partial charge in [-0.3, -0.25) is 14.9 Å². The van der Waals surface area contributed by atoms with E-state index in [1.807, 2.05) is 24.0 Å². The van der Waals surface area contributed by atoms with E-state index in [0.29, 0.717) is 48.8 Å². The Bertz CT molecular complexity index is 2130. The number of nitro benzene ring substituents is 1. The zero-order valence-corrected chi connectivity index (χ0v) is 39.6. The molecule has 13 heteroatoms. The van der Waals surface area contributed by atoms with Crippen molar-refractivity contribution < 1.29 is 43.4 Å². The zero-order chi connectivity index (χ0) is 47.6. The second kappa shape index (κ2) is 25.9. The number of rotatable bonds is 29. The number of fused-ring (bicyclic) bond motifs is 2. The number of ether oxygens (including phenoxy) is 3. The van der Waals surface area contributed by atoms with E-state index < -0.39 is 22.7 Å². The van der Waals surface area contributed by atoms with Gasteiger partial charge in [-0.25, -0.2) is 4.39 Å². The lowest BCUT2D eigenvalue weighted by molar-refractivity contribution is -0.384. The molecule has 1 aliphatic heterocycles. The van der Waals surface area contributed by atoms with Gasteiger partial charge < -0.3 is 34.2 Å². The predicted octanol–water partition coefficient (Wildman–Crippen LogP) is 12.1. The number of allylic oxidation sites excluding steroid dienone is 1. The van der Waals surface area contributed by atoms with Crippen LogP contribution in [0.25, 0.3) is 0 Å². The van der Waals surface area contributed by atoms with Gasteiger partial charge >= 0.3 is 0 Å². The van der Waals surface area contributed by atoms with E-state index in [1.165, 1.54) is 56.4 Å². The van der Waals surface area contributed by atoms with E-state index in [2.05, 4.69) is 19.6 Å². The van der Waals surface area contributed by atoms with Gasteiger partial charge in [-0.05, 0) is 98.4 Å². The Kier molecular flexibility index (Phi) is 19.8. The number of non-ortho nitro benzene ring substituents is 1. The molecule has 1 fully saturated rings. The van der Waals surface area contributed by atoms with E-state index in [-0.39, 0.29) is 68.0 Å². The summed E-state index contributed by atoms with van der Waals surface area (Å²) in [5.74, 6) is -1.38. The van der Waals surface area contributed by atoms with E-state index in [9.17, 15) is 24.7 Å². The molecule has 0 bridgehead atoms. The van der Waals surface area contributed by atoms with E-state index in [1.54, 1.807) is 36.4 Å². The smallest absolute Gasteiger partial charge is 0.273 e. The summed E-state index contributed by atoms with van der Waals surface area (Å²) in [5, 5.41) is 36.5. The van der Waals surface area contributed by atoms with Gasteiger partial charge in [-0.2, -0.15) is 0 Å². The number of hydrogen-bond donors (Lipinski definition) is 2. The Morgan fingerprint density at radius 3 is 2.31 bits per heavy atom. The van der Waals surface area contributed by atoms with Gasteiger partial charge in [-0.1, -0.05) is 107 Å². The average Bonchev–Trinajstić information content (AvgIpc) is 3.33. The Labute approximate surface area is 396 Å². The minimum Gasteiger partial charge on any atom is -0.459 e. The average molecular weight is 926 g/mol. The summed E-state index contributed by atoms with van der Waals surface area (Å²) in [5.41, 5.74) is 3.13. The lowest BCUT2D eigenvalue weighted by Crippen LogP contribution is -2.70. The third kappa shape index (κ3) is 13.1. The van der Waals surface area contributed by atoms with Gasteiger partial charge in [0.15, 0.2) is 0 Å². The molecule has 6 rings (SSSR count). The maximum atomic E-state index is 15.1. The predicted molar refractivity (Wildman–Crippen MR) is 259 cm³/mol. The number of amides is 1. The highest BCUT2D eigenvalue weighted by molar-refractivity contribution is 6.03. The molecule has 0 radical (unpaired) electrons. The van der Waals surface area contributed by atoms with Gasteiger partial charge in [0.25, 0.3) is 5.69 Å². The van der Waals surface area contributed by atoms with Crippen LogP contribution in [0.1, 0.15) is 140 Å². The number of aliphatic hydroxyl groups is 2. The molecule has 6 atom stereocenters. The largest absolute Gasteiger partial charge is 0.459 e. The summed E-state index contributed by atoms with van der Waals surface area (Å²) >= 11 is 0. The highest BCUT2D eigenvalue weighted by Gasteiger charge is 2.65. The maximum Gasteiger partial charge on any atom is 0.273 e. The van der Waals surface area contributed by atoms with Crippen molar-refractivity contribution in [3.05, 3.63) is 118 Å². The molecule has 12 nitrogen and oxygen atoms in total. The molecule has 1 amide bonds. The molecule has 1 saturated carbocycles. The van der Waals surface area contributed by atoms with Crippen molar-refractivity contribution in [2.24, 2.45) is 22.9 Å². The monoisotopic (exact) mass is 926 g/mol. The SMILES string of the molecule is C=CCOC12Oc3ccc(Oc4cccc([N+](=O)[O-])c4)cc3C3C(CCCCO)C(CCCCO)C=C(C(=NOCC)CC1N(Cc1ccc(F)cc1)C(=O)CCCCCCCCCCC)C32. The lowest BCUT2D eigenvalue weighted by Gasteiger charge is -2.60. The number of oxime groups is 1. The summed E-state index contributed by atoms with van der Waals surface area (Å²) in [6, 6.07) is 17.2. The fraction of sp³-hybridized carbons (Fsp3) is 0.556. The quantitative estimate of drug-likeness (QED) is 0.0300. The standard InChI is InChI=1S/C54H72FN3O9/c1-4-7-8-9-10-11-12-13-14-24-51(61)57(38-39-25-27-41(55)28-26-39)50-37-48(56-65-6-3)46-34-40(20-15-17-31-59)45(23-16-18-32-60)52-47-36-44(66-43-22-19-21-42(35-43)58(62)63)29-30-49(47)67-54(50,53(46)52)64-33-5-2/h5,19,21-22,25-30,34-36,40,45,50,52-53,59-60H,2,4,6-18,20,23-24,31-33,37-38H2,1,3H3. The molecule has 0 saturated heterocycles. The molecular weight excluding hydrogens is 854 g/mol. The minimum atomic E-state index is -1.47. The summed E-state index contributed by atoms with van der Waals surface area (Å²) in [6.45, 7) is 8.89. The number of carbonyl (C=O) groups excluding carboxylic acids is 1. The molecule has 3 aromatic rings. The normalized spacial score (nSPS) is 22.3. The zero-order valence-electron chi connectivity index (χ0n) is 39.6. The lowest BCUT2D eigenvalue weighted by atomic mass is 9.55. The Morgan fingerprint density at radius 2 is 1.63 bits per heavy atom. The summed E-state index contributed by atoms with van der Waals surface area (Å²) < 4.78 is 35.3. The number of hydrogen-bond acceptors (Lipinski definition) is 10. The van der Waals surface area contributed by atoms with Gasteiger partial charge in [-0.15, -0.1) is 6.58 Å². The number of nitrogens with zero attached hydrogens (tertiary/aromatic N) is 3. The summed E-state index contributed by atoms with van der Waals surface area (Å²) in [7, 11) is 0. The second-order valence-corrected chi connectivity index (χ2v) is 18.3. The molecule has 1 heterocycles. The first-order valence-corrected chi connectivity index (χ1v) is 24.8. The number of unbranched alkanes of at least 4 members (excludes halogenated alkanes) is 10. The first-order chi connectivity index (χ1) is 32.7. The fourth-order valence-corrected chi connectivity index (χ4v) is 10.5. The van der Waals surface area contributed by atoms with Crippen molar-refractivity contribution in [2.45, 2.75) is 147 Å². The van der Waals surface area contributed by atoms with Crippen LogP contribution in [0.2, 0.25) is 0 Å². The first-order valence-electron chi connectivity index (χ1n) is 24.8. The second-order valence-electron chi connectivity index (χ2n) is 18.3. The highest BCUT2D eigenvalue weighted by Crippen LogP contribution is 2.62. The molecule has 2 aliphatic carbocycles. The Balaban J connectivity index is 1.50. The third-order valence-corrected chi connectivity index (χ3v) is 13.7. The van der Waals surface area contributed by atoms with Crippen molar-refractivity contribution in [3.63, 3.8) is 0 Å². The molecular formula is C54H72FN3O9. The van der Waals surface area contributed by atoms with Gasteiger partial charge in [0.05, 0.1) is 29.2 Å². The van der Waals surface area contributed by atoms with Crippen LogP contribution in [0, 0.1) is 33.7 Å². The summed E-state index contributed by atoms with van der Waals surface area (Å²) in [6.07, 6.45) is 18.9. The number of halogens is 1.